The summed E-state index contributed by atoms with van der Waals surface area (Å²) in [6.07, 6.45) is 1.57. The van der Waals surface area contributed by atoms with Gasteiger partial charge in [-0.25, -0.2) is 9.97 Å². The van der Waals surface area contributed by atoms with Crippen molar-refractivity contribution >= 4 is 39.2 Å². The monoisotopic (exact) mass is 419 g/mol. The lowest BCUT2D eigenvalue weighted by Gasteiger charge is -2.26. The Hall–Kier alpha value is -2.70. The molecule has 0 saturated carbocycles. The van der Waals surface area contributed by atoms with Gasteiger partial charge in [0.1, 0.15) is 16.2 Å². The average Bonchev–Trinajstić information content (AvgIpc) is 3.24. The van der Waals surface area contributed by atoms with E-state index in [2.05, 4.69) is 34.2 Å². The van der Waals surface area contributed by atoms with Gasteiger partial charge in [0.2, 0.25) is 5.91 Å². The predicted octanol–water partition coefficient (Wildman–Crippen LogP) is 5.40. The Kier molecular flexibility index (Phi) is 6.22. The third kappa shape index (κ3) is 4.83. The molecule has 4 aromatic rings. The Labute approximate surface area is 178 Å². The van der Waals surface area contributed by atoms with E-state index in [4.69, 9.17) is 0 Å². The van der Waals surface area contributed by atoms with Gasteiger partial charge >= 0.3 is 0 Å². The molecular weight excluding hydrogens is 398 g/mol. The zero-order valence-corrected chi connectivity index (χ0v) is 17.7. The lowest BCUT2D eigenvalue weighted by Crippen LogP contribution is -2.35. The zero-order valence-electron chi connectivity index (χ0n) is 16.1. The molecule has 0 aliphatic rings. The summed E-state index contributed by atoms with van der Waals surface area (Å²) in [5, 5.41) is 3.63. The van der Waals surface area contributed by atoms with E-state index in [-0.39, 0.29) is 11.2 Å². The second kappa shape index (κ2) is 9.20. The quantitative estimate of drug-likeness (QED) is 0.297. The fraction of sp³-hybridized carbons (Fsp3) is 0.174. The van der Waals surface area contributed by atoms with Crippen LogP contribution in [0, 0.1) is 0 Å². The van der Waals surface area contributed by atoms with E-state index in [9.17, 15) is 4.79 Å². The van der Waals surface area contributed by atoms with E-state index in [1.807, 2.05) is 59.7 Å². The molecule has 4 nitrogen and oxygen atoms in total. The summed E-state index contributed by atoms with van der Waals surface area (Å²) in [4.78, 5) is 25.0. The normalized spacial score (nSPS) is 12.0. The van der Waals surface area contributed by atoms with Crippen molar-refractivity contribution in [2.24, 2.45) is 0 Å². The molecule has 2 heterocycles. The number of rotatable bonds is 7. The van der Waals surface area contributed by atoms with Crippen LogP contribution in [0.3, 0.4) is 0 Å². The number of thioether (sulfide) groups is 1. The lowest BCUT2D eigenvalue weighted by atomic mass is 10.1. The SMILES string of the molecule is CC(Sc1ncnc2sccc12)C(=O)N(Cc1ccccc1)Cc1ccccc1. The van der Waals surface area contributed by atoms with Gasteiger partial charge < -0.3 is 4.90 Å². The molecule has 0 saturated heterocycles. The van der Waals surface area contributed by atoms with E-state index < -0.39 is 0 Å². The molecule has 0 N–H and O–H groups in total. The number of carbonyl (C=O) groups is 1. The van der Waals surface area contributed by atoms with Crippen molar-refractivity contribution in [1.29, 1.82) is 0 Å². The minimum absolute atomic E-state index is 0.102. The molecule has 146 valence electrons. The van der Waals surface area contributed by atoms with Gasteiger partial charge in [-0.3, -0.25) is 4.79 Å². The van der Waals surface area contributed by atoms with Crippen LogP contribution in [0.15, 0.2) is 83.5 Å². The fourth-order valence-electron chi connectivity index (χ4n) is 3.16. The summed E-state index contributed by atoms with van der Waals surface area (Å²) < 4.78 is 0. The van der Waals surface area contributed by atoms with Crippen molar-refractivity contribution in [1.82, 2.24) is 14.9 Å². The standard InChI is InChI=1S/C23H21N3OS2/c1-17(29-22-20-12-13-28-21(20)24-16-25-22)23(27)26(14-18-8-4-2-5-9-18)15-19-10-6-3-7-11-19/h2-13,16-17H,14-15H2,1H3. The highest BCUT2D eigenvalue weighted by Gasteiger charge is 2.23. The van der Waals surface area contributed by atoms with Crippen LogP contribution in [-0.2, 0) is 17.9 Å². The smallest absolute Gasteiger partial charge is 0.236 e. The second-order valence-electron chi connectivity index (χ2n) is 6.74. The maximum atomic E-state index is 13.4. The van der Waals surface area contributed by atoms with E-state index in [1.165, 1.54) is 11.8 Å². The van der Waals surface area contributed by atoms with Crippen LogP contribution in [0.4, 0.5) is 0 Å². The Balaban J connectivity index is 1.55. The molecule has 4 rings (SSSR count). The highest BCUT2D eigenvalue weighted by atomic mass is 32.2. The van der Waals surface area contributed by atoms with Gasteiger partial charge in [0.25, 0.3) is 0 Å². The first-order chi connectivity index (χ1) is 14.2. The third-order valence-corrected chi connectivity index (χ3v) is 6.53. The van der Waals surface area contributed by atoms with Crippen molar-refractivity contribution < 1.29 is 4.79 Å². The number of fused-ring (bicyclic) bond motifs is 1. The van der Waals surface area contributed by atoms with Crippen LogP contribution in [0.25, 0.3) is 10.2 Å². The zero-order chi connectivity index (χ0) is 20.1. The van der Waals surface area contributed by atoms with Crippen molar-refractivity contribution in [2.75, 3.05) is 0 Å². The lowest BCUT2D eigenvalue weighted by molar-refractivity contribution is -0.131. The van der Waals surface area contributed by atoms with Gasteiger partial charge in [0, 0.05) is 18.5 Å². The fourth-order valence-corrected chi connectivity index (χ4v) is 4.94. The first-order valence-corrected chi connectivity index (χ1v) is 11.2. The van der Waals surface area contributed by atoms with E-state index in [1.54, 1.807) is 17.7 Å². The molecule has 6 heteroatoms. The molecule has 0 aliphatic carbocycles. The predicted molar refractivity (Wildman–Crippen MR) is 120 cm³/mol. The number of hydrogen-bond donors (Lipinski definition) is 0. The first-order valence-electron chi connectivity index (χ1n) is 9.42. The van der Waals surface area contributed by atoms with Gasteiger partial charge in [-0.05, 0) is 29.5 Å². The number of carbonyl (C=O) groups excluding carboxylic acids is 1. The minimum Gasteiger partial charge on any atom is -0.333 e. The Morgan fingerprint density at radius 2 is 1.59 bits per heavy atom. The topological polar surface area (TPSA) is 46.1 Å². The summed E-state index contributed by atoms with van der Waals surface area (Å²) in [6.45, 7) is 3.12. The van der Waals surface area contributed by atoms with E-state index in [0.717, 1.165) is 26.4 Å². The van der Waals surface area contributed by atoms with Crippen LogP contribution in [-0.4, -0.2) is 26.0 Å². The molecule has 0 fully saturated rings. The second-order valence-corrected chi connectivity index (χ2v) is 8.97. The minimum atomic E-state index is -0.250. The molecule has 0 aliphatic heterocycles. The highest BCUT2D eigenvalue weighted by Crippen LogP contribution is 2.31. The Bertz CT molecular complexity index is 1040. The molecule has 0 spiro atoms. The third-order valence-electron chi connectivity index (χ3n) is 4.61. The number of thiophene rings is 1. The molecule has 1 atom stereocenters. The van der Waals surface area contributed by atoms with Gasteiger partial charge in [-0.2, -0.15) is 0 Å². The maximum absolute atomic E-state index is 13.4. The van der Waals surface area contributed by atoms with Crippen molar-refractivity contribution in [3.05, 3.63) is 89.6 Å². The van der Waals surface area contributed by atoms with Crippen LogP contribution < -0.4 is 0 Å². The molecule has 2 aromatic heterocycles. The first kappa shape index (κ1) is 19.6. The summed E-state index contributed by atoms with van der Waals surface area (Å²) >= 11 is 3.09. The molecule has 0 radical (unpaired) electrons. The van der Waals surface area contributed by atoms with Crippen molar-refractivity contribution in [3.8, 4) is 0 Å². The van der Waals surface area contributed by atoms with Gasteiger partial charge in [0.05, 0.1) is 5.25 Å². The molecule has 1 unspecified atom stereocenters. The number of amides is 1. The van der Waals surface area contributed by atoms with Crippen molar-refractivity contribution in [2.45, 2.75) is 30.3 Å². The summed E-state index contributed by atoms with van der Waals surface area (Å²) in [7, 11) is 0. The van der Waals surface area contributed by atoms with Crippen LogP contribution >= 0.6 is 23.1 Å². The molecule has 29 heavy (non-hydrogen) atoms. The van der Waals surface area contributed by atoms with Gasteiger partial charge in [-0.1, -0.05) is 72.4 Å². The Morgan fingerprint density at radius 1 is 0.966 bits per heavy atom. The highest BCUT2D eigenvalue weighted by molar-refractivity contribution is 8.00. The van der Waals surface area contributed by atoms with Crippen LogP contribution in [0.2, 0.25) is 0 Å². The molecule has 0 bridgehead atoms. The molecular formula is C23H21N3OS2. The number of nitrogens with zero attached hydrogens (tertiary/aromatic N) is 3. The van der Waals surface area contributed by atoms with E-state index in [0.29, 0.717) is 13.1 Å². The Morgan fingerprint density at radius 3 is 2.21 bits per heavy atom. The summed E-state index contributed by atoms with van der Waals surface area (Å²) in [5.41, 5.74) is 2.24. The van der Waals surface area contributed by atoms with Gasteiger partial charge in [0.15, 0.2) is 0 Å². The molecule has 1 amide bonds. The van der Waals surface area contributed by atoms with Crippen molar-refractivity contribution in [3.63, 3.8) is 0 Å². The van der Waals surface area contributed by atoms with E-state index >= 15 is 0 Å². The van der Waals surface area contributed by atoms with Crippen LogP contribution in [0.5, 0.6) is 0 Å². The van der Waals surface area contributed by atoms with Gasteiger partial charge in [-0.15, -0.1) is 11.3 Å². The summed E-state index contributed by atoms with van der Waals surface area (Å²) in [6, 6.07) is 22.3. The number of hydrogen-bond acceptors (Lipinski definition) is 5. The average molecular weight is 420 g/mol. The summed E-state index contributed by atoms with van der Waals surface area (Å²) in [5.74, 6) is 0.102. The molecule has 2 aromatic carbocycles. The maximum Gasteiger partial charge on any atom is 0.236 e. The largest absolute Gasteiger partial charge is 0.333 e. The van der Waals surface area contributed by atoms with Crippen LogP contribution in [0.1, 0.15) is 18.1 Å². The number of aromatic nitrogens is 2. The number of benzene rings is 2.